The van der Waals surface area contributed by atoms with E-state index in [9.17, 15) is 4.79 Å². The Bertz CT molecular complexity index is 414. The fourth-order valence-electron chi connectivity index (χ4n) is 1.76. The molecular weight excluding hydrogens is 260 g/mol. The van der Waals surface area contributed by atoms with E-state index in [-0.39, 0.29) is 12.0 Å². The van der Waals surface area contributed by atoms with Crippen LogP contribution in [0.5, 0.6) is 5.88 Å². The monoisotopic (exact) mass is 280 g/mol. The lowest BCUT2D eigenvalue weighted by molar-refractivity contribution is 0.0948. The molecule has 5 heteroatoms. The van der Waals surface area contributed by atoms with Crippen molar-refractivity contribution in [3.63, 3.8) is 0 Å². The van der Waals surface area contributed by atoms with Crippen molar-refractivity contribution in [2.45, 2.75) is 26.4 Å². The minimum Gasteiger partial charge on any atom is -0.473 e. The summed E-state index contributed by atoms with van der Waals surface area (Å²) in [7, 11) is 0. The van der Waals surface area contributed by atoms with E-state index in [0.29, 0.717) is 23.9 Å². The Morgan fingerprint density at radius 2 is 2.42 bits per heavy atom. The van der Waals surface area contributed by atoms with Gasteiger partial charge in [-0.3, -0.25) is 4.79 Å². The van der Waals surface area contributed by atoms with Crippen LogP contribution < -0.4 is 10.1 Å². The highest BCUT2D eigenvalue weighted by Crippen LogP contribution is 2.21. The third-order valence-corrected chi connectivity index (χ3v) is 3.98. The topological polar surface area (TPSA) is 51.2 Å². The first-order chi connectivity index (χ1) is 9.15. The lowest BCUT2D eigenvalue weighted by atomic mass is 10.2. The maximum atomic E-state index is 11.8. The van der Waals surface area contributed by atoms with Crippen LogP contribution in [0.15, 0.2) is 18.3 Å². The Hall–Kier alpha value is -1.23. The molecule has 0 aliphatic carbocycles. The summed E-state index contributed by atoms with van der Waals surface area (Å²) in [5.74, 6) is 3.15. The van der Waals surface area contributed by atoms with Gasteiger partial charge in [0.05, 0.1) is 5.56 Å². The van der Waals surface area contributed by atoms with E-state index in [0.717, 1.165) is 17.9 Å². The van der Waals surface area contributed by atoms with Gasteiger partial charge in [0.15, 0.2) is 0 Å². The smallest absolute Gasteiger partial charge is 0.252 e. The summed E-state index contributed by atoms with van der Waals surface area (Å²) in [6.45, 7) is 4.81. The summed E-state index contributed by atoms with van der Waals surface area (Å²) in [6.07, 6.45) is 2.91. The molecule has 0 saturated carbocycles. The number of ether oxygens (including phenoxy) is 1. The van der Waals surface area contributed by atoms with Crippen molar-refractivity contribution in [3.05, 3.63) is 23.9 Å². The van der Waals surface area contributed by atoms with Gasteiger partial charge in [-0.25, -0.2) is 4.98 Å². The Morgan fingerprint density at radius 3 is 3.00 bits per heavy atom. The molecule has 1 fully saturated rings. The van der Waals surface area contributed by atoms with Gasteiger partial charge in [0.2, 0.25) is 5.88 Å². The fraction of sp³-hybridized carbons (Fsp3) is 0.571. The molecule has 1 amide bonds. The molecule has 0 spiro atoms. The zero-order valence-corrected chi connectivity index (χ0v) is 12.2. The molecule has 1 atom stereocenters. The maximum Gasteiger partial charge on any atom is 0.252 e. The van der Waals surface area contributed by atoms with Crippen LogP contribution in [0.2, 0.25) is 0 Å². The summed E-state index contributed by atoms with van der Waals surface area (Å²) in [5.41, 5.74) is 0.578. The third-order valence-electron chi connectivity index (χ3n) is 2.84. The zero-order chi connectivity index (χ0) is 13.7. The van der Waals surface area contributed by atoms with Crippen molar-refractivity contribution in [1.29, 1.82) is 0 Å². The van der Waals surface area contributed by atoms with Crippen molar-refractivity contribution < 1.29 is 9.53 Å². The standard InChI is InChI=1S/C14H20N2O2S/c1-10(2)7-16-14(17)11-3-4-13(15-8-11)18-12-5-6-19-9-12/h3-4,8,10,12H,5-7,9H2,1-2H3,(H,16,17). The summed E-state index contributed by atoms with van der Waals surface area (Å²) in [4.78, 5) is 16.0. The zero-order valence-electron chi connectivity index (χ0n) is 11.4. The van der Waals surface area contributed by atoms with Gasteiger partial charge in [0.25, 0.3) is 5.91 Å². The first-order valence-electron chi connectivity index (χ1n) is 6.64. The molecule has 104 valence electrons. The molecule has 2 heterocycles. The molecule has 1 saturated heterocycles. The van der Waals surface area contributed by atoms with Crippen LogP contribution in [0.1, 0.15) is 30.6 Å². The molecule has 1 aromatic rings. The van der Waals surface area contributed by atoms with Crippen molar-refractivity contribution >= 4 is 17.7 Å². The fourth-order valence-corrected chi connectivity index (χ4v) is 2.85. The van der Waals surface area contributed by atoms with Crippen LogP contribution in [0.3, 0.4) is 0 Å². The molecule has 0 radical (unpaired) electrons. The Labute approximate surface area is 118 Å². The summed E-state index contributed by atoms with van der Waals surface area (Å²) in [5, 5.41) is 2.87. The number of hydrogen-bond donors (Lipinski definition) is 1. The second-order valence-electron chi connectivity index (χ2n) is 5.09. The van der Waals surface area contributed by atoms with Gasteiger partial charge < -0.3 is 10.1 Å². The van der Waals surface area contributed by atoms with E-state index in [1.54, 1.807) is 18.3 Å². The third kappa shape index (κ3) is 4.42. The minimum atomic E-state index is -0.0795. The van der Waals surface area contributed by atoms with Crippen LogP contribution in [0.25, 0.3) is 0 Å². The van der Waals surface area contributed by atoms with Crippen LogP contribution in [0.4, 0.5) is 0 Å². The first kappa shape index (κ1) is 14.2. The predicted octanol–water partition coefficient (Wildman–Crippen LogP) is 2.35. The Balaban J connectivity index is 1.88. The molecule has 1 aliphatic rings. The molecular formula is C14H20N2O2S. The average Bonchev–Trinajstić information content (AvgIpc) is 2.89. The van der Waals surface area contributed by atoms with E-state index in [4.69, 9.17) is 4.74 Å². The predicted molar refractivity (Wildman–Crippen MR) is 77.8 cm³/mol. The molecule has 4 nitrogen and oxygen atoms in total. The maximum absolute atomic E-state index is 11.8. The lowest BCUT2D eigenvalue weighted by Crippen LogP contribution is -2.27. The van der Waals surface area contributed by atoms with Gasteiger partial charge in [-0.1, -0.05) is 13.8 Å². The van der Waals surface area contributed by atoms with E-state index in [1.165, 1.54) is 0 Å². The van der Waals surface area contributed by atoms with Gasteiger partial charge in [-0.2, -0.15) is 11.8 Å². The number of carbonyl (C=O) groups is 1. The van der Waals surface area contributed by atoms with Crippen LogP contribution in [0, 0.1) is 5.92 Å². The number of nitrogens with one attached hydrogen (secondary N) is 1. The number of rotatable bonds is 5. The molecule has 0 aromatic carbocycles. The Kier molecular flexibility index (Phi) is 5.07. The first-order valence-corrected chi connectivity index (χ1v) is 7.79. The van der Waals surface area contributed by atoms with Crippen molar-refractivity contribution in [3.8, 4) is 5.88 Å². The molecule has 1 unspecified atom stereocenters. The van der Waals surface area contributed by atoms with Gasteiger partial charge in [0.1, 0.15) is 6.10 Å². The van der Waals surface area contributed by atoms with E-state index >= 15 is 0 Å². The summed E-state index contributed by atoms with van der Waals surface area (Å²) >= 11 is 1.90. The number of nitrogens with zero attached hydrogens (tertiary/aromatic N) is 1. The number of aromatic nitrogens is 1. The van der Waals surface area contributed by atoms with Crippen molar-refractivity contribution in [2.24, 2.45) is 5.92 Å². The second-order valence-corrected chi connectivity index (χ2v) is 6.24. The second kappa shape index (κ2) is 6.80. The highest BCUT2D eigenvalue weighted by Gasteiger charge is 2.17. The average molecular weight is 280 g/mol. The van der Waals surface area contributed by atoms with Crippen LogP contribution in [-0.4, -0.2) is 35.0 Å². The number of amides is 1. The van der Waals surface area contributed by atoms with Crippen molar-refractivity contribution in [1.82, 2.24) is 10.3 Å². The highest BCUT2D eigenvalue weighted by molar-refractivity contribution is 7.99. The quantitative estimate of drug-likeness (QED) is 0.899. The number of thioether (sulfide) groups is 1. The lowest BCUT2D eigenvalue weighted by Gasteiger charge is -2.11. The number of hydrogen-bond acceptors (Lipinski definition) is 4. The van der Waals surface area contributed by atoms with Gasteiger partial charge in [-0.15, -0.1) is 0 Å². The highest BCUT2D eigenvalue weighted by atomic mass is 32.2. The number of pyridine rings is 1. The molecule has 1 N–H and O–H groups in total. The molecule has 0 bridgehead atoms. The largest absolute Gasteiger partial charge is 0.473 e. The molecule has 1 aromatic heterocycles. The summed E-state index contributed by atoms with van der Waals surface area (Å²) in [6, 6.07) is 3.54. The minimum absolute atomic E-state index is 0.0795. The summed E-state index contributed by atoms with van der Waals surface area (Å²) < 4.78 is 5.74. The van der Waals surface area contributed by atoms with Gasteiger partial charge >= 0.3 is 0 Å². The van der Waals surface area contributed by atoms with Crippen molar-refractivity contribution in [2.75, 3.05) is 18.1 Å². The van der Waals surface area contributed by atoms with Crippen LogP contribution in [-0.2, 0) is 0 Å². The molecule has 2 rings (SSSR count). The molecule has 19 heavy (non-hydrogen) atoms. The van der Waals surface area contributed by atoms with E-state index in [2.05, 4.69) is 24.1 Å². The number of carbonyl (C=O) groups excluding carboxylic acids is 1. The molecule has 1 aliphatic heterocycles. The van der Waals surface area contributed by atoms with Gasteiger partial charge in [-0.05, 0) is 24.2 Å². The van der Waals surface area contributed by atoms with E-state index in [1.807, 2.05) is 11.8 Å². The van der Waals surface area contributed by atoms with Crippen LogP contribution >= 0.6 is 11.8 Å². The normalized spacial score (nSPS) is 18.6. The SMILES string of the molecule is CC(C)CNC(=O)c1ccc(OC2CCSC2)nc1. The van der Waals surface area contributed by atoms with Gasteiger partial charge in [0, 0.05) is 24.6 Å². The Morgan fingerprint density at radius 1 is 1.58 bits per heavy atom. The van der Waals surface area contributed by atoms with E-state index < -0.39 is 0 Å².